The monoisotopic (exact) mass is 309 g/mol. The Morgan fingerprint density at radius 1 is 1.41 bits per heavy atom. The summed E-state index contributed by atoms with van der Waals surface area (Å²) in [6.07, 6.45) is 4.58. The minimum atomic E-state index is -1.02. The highest BCUT2D eigenvalue weighted by atomic mass is 16.5. The summed E-state index contributed by atoms with van der Waals surface area (Å²) >= 11 is 0. The lowest BCUT2D eigenvalue weighted by molar-refractivity contribution is -0.132. The van der Waals surface area contributed by atoms with Crippen LogP contribution in [-0.2, 0) is 16.1 Å². The summed E-state index contributed by atoms with van der Waals surface area (Å²) in [5.41, 5.74) is -0.216. The van der Waals surface area contributed by atoms with Crippen LogP contribution in [0.25, 0.3) is 0 Å². The van der Waals surface area contributed by atoms with Crippen LogP contribution in [0, 0.1) is 12.3 Å². The number of ether oxygens (including phenoxy) is 1. The molecule has 0 aromatic carbocycles. The molecule has 1 heterocycles. The zero-order valence-corrected chi connectivity index (χ0v) is 13.1. The maximum atomic E-state index is 12.5. The molecule has 1 aliphatic rings. The zero-order chi connectivity index (χ0) is 16.2. The molecule has 1 aromatic heterocycles. The van der Waals surface area contributed by atoms with Crippen molar-refractivity contribution in [1.82, 2.24) is 5.32 Å². The van der Waals surface area contributed by atoms with Gasteiger partial charge in [0.05, 0.1) is 12.0 Å². The summed E-state index contributed by atoms with van der Waals surface area (Å²) in [7, 11) is 1.64. The van der Waals surface area contributed by atoms with Crippen molar-refractivity contribution in [2.24, 2.45) is 5.41 Å². The van der Waals surface area contributed by atoms with Crippen LogP contribution in [0.4, 0.5) is 0 Å². The number of rotatable bonds is 7. The Bertz CT molecular complexity index is 543. The topological polar surface area (TPSA) is 88.8 Å². The van der Waals surface area contributed by atoms with Crippen molar-refractivity contribution in [3.8, 4) is 0 Å². The van der Waals surface area contributed by atoms with E-state index in [1.54, 1.807) is 14.0 Å². The first-order valence-electron chi connectivity index (χ1n) is 7.58. The summed E-state index contributed by atoms with van der Waals surface area (Å²) in [5, 5.41) is 11.9. The molecule has 6 heteroatoms. The molecule has 0 spiro atoms. The van der Waals surface area contributed by atoms with E-state index in [9.17, 15) is 9.59 Å². The van der Waals surface area contributed by atoms with Gasteiger partial charge in [-0.2, -0.15) is 0 Å². The van der Waals surface area contributed by atoms with Crippen molar-refractivity contribution < 1.29 is 23.8 Å². The number of carboxylic acids is 1. The van der Waals surface area contributed by atoms with Gasteiger partial charge in [-0.3, -0.25) is 4.79 Å². The number of methoxy groups -OCH3 is 1. The molecule has 2 N–H and O–H groups in total. The van der Waals surface area contributed by atoms with Crippen LogP contribution in [0.1, 0.15) is 54.0 Å². The highest BCUT2D eigenvalue weighted by Crippen LogP contribution is 2.41. The minimum absolute atomic E-state index is 0.00739. The molecule has 1 saturated carbocycles. The van der Waals surface area contributed by atoms with Gasteiger partial charge < -0.3 is 19.6 Å². The number of amides is 1. The average molecular weight is 309 g/mol. The first-order chi connectivity index (χ1) is 10.5. The second-order valence-electron chi connectivity index (χ2n) is 5.90. The van der Waals surface area contributed by atoms with Gasteiger partial charge in [0.2, 0.25) is 5.91 Å². The van der Waals surface area contributed by atoms with Crippen LogP contribution < -0.4 is 5.32 Å². The number of carbonyl (C=O) groups excluding carboxylic acids is 1. The fourth-order valence-electron chi connectivity index (χ4n) is 3.14. The van der Waals surface area contributed by atoms with Crippen LogP contribution >= 0.6 is 0 Å². The molecule has 2 rings (SSSR count). The molecule has 1 aromatic rings. The molecule has 122 valence electrons. The average Bonchev–Trinajstić information content (AvgIpc) is 3.10. The Hall–Kier alpha value is -1.82. The van der Waals surface area contributed by atoms with Gasteiger partial charge in [0, 0.05) is 13.7 Å². The van der Waals surface area contributed by atoms with Gasteiger partial charge in [-0.05, 0) is 32.3 Å². The van der Waals surface area contributed by atoms with E-state index < -0.39 is 5.97 Å². The number of aryl methyl sites for hydroxylation is 1. The van der Waals surface area contributed by atoms with Crippen LogP contribution in [-0.4, -0.2) is 30.7 Å². The smallest absolute Gasteiger partial charge is 0.339 e. The van der Waals surface area contributed by atoms with E-state index in [1.165, 1.54) is 6.07 Å². The van der Waals surface area contributed by atoms with E-state index in [0.29, 0.717) is 24.5 Å². The first kappa shape index (κ1) is 16.5. The van der Waals surface area contributed by atoms with E-state index >= 15 is 0 Å². The molecule has 1 amide bonds. The Kier molecular flexibility index (Phi) is 5.24. The molecule has 0 bridgehead atoms. The van der Waals surface area contributed by atoms with E-state index in [0.717, 1.165) is 25.7 Å². The Morgan fingerprint density at radius 3 is 2.64 bits per heavy atom. The van der Waals surface area contributed by atoms with Crippen molar-refractivity contribution >= 4 is 11.9 Å². The second-order valence-corrected chi connectivity index (χ2v) is 5.90. The molecule has 1 aliphatic carbocycles. The minimum Gasteiger partial charge on any atom is -0.478 e. The van der Waals surface area contributed by atoms with Gasteiger partial charge in [-0.25, -0.2) is 4.79 Å². The van der Waals surface area contributed by atoms with Gasteiger partial charge in [0.25, 0.3) is 0 Å². The van der Waals surface area contributed by atoms with Gasteiger partial charge >= 0.3 is 5.97 Å². The van der Waals surface area contributed by atoms with Crippen LogP contribution in [0.15, 0.2) is 10.5 Å². The highest BCUT2D eigenvalue weighted by Gasteiger charge is 2.40. The number of furan rings is 1. The lowest BCUT2D eigenvalue weighted by atomic mass is 9.82. The second kappa shape index (κ2) is 6.96. The number of nitrogens with one attached hydrogen (secondary N) is 1. The third-order valence-corrected chi connectivity index (χ3v) is 4.45. The summed E-state index contributed by atoms with van der Waals surface area (Å²) in [6, 6.07) is 1.47. The molecule has 0 saturated heterocycles. The van der Waals surface area contributed by atoms with Crippen molar-refractivity contribution in [3.05, 3.63) is 23.2 Å². The summed E-state index contributed by atoms with van der Waals surface area (Å²) in [6.45, 7) is 2.38. The fourth-order valence-corrected chi connectivity index (χ4v) is 3.14. The van der Waals surface area contributed by atoms with Crippen LogP contribution in [0.5, 0.6) is 0 Å². The predicted molar refractivity (Wildman–Crippen MR) is 79.6 cm³/mol. The maximum absolute atomic E-state index is 12.5. The normalized spacial score (nSPS) is 16.6. The Balaban J connectivity index is 1.99. The summed E-state index contributed by atoms with van der Waals surface area (Å²) in [5.74, 6) is -0.200. The zero-order valence-electron chi connectivity index (χ0n) is 13.1. The first-order valence-corrected chi connectivity index (χ1v) is 7.58. The molecule has 0 aliphatic heterocycles. The number of carboxylic acid groups (broad SMARTS) is 1. The van der Waals surface area contributed by atoms with Crippen LogP contribution in [0.2, 0.25) is 0 Å². The molecular formula is C16H23NO5. The molecule has 0 radical (unpaired) electrons. The number of carbonyl (C=O) groups is 2. The number of aromatic carboxylic acids is 1. The van der Waals surface area contributed by atoms with Gasteiger partial charge in [-0.1, -0.05) is 12.8 Å². The number of hydrogen-bond acceptors (Lipinski definition) is 4. The van der Waals surface area contributed by atoms with Crippen molar-refractivity contribution in [2.75, 3.05) is 13.7 Å². The maximum Gasteiger partial charge on any atom is 0.339 e. The SMILES string of the molecule is COCCC1(C(=O)NCc2cc(C(=O)O)c(C)o2)CCCC1. The van der Waals surface area contributed by atoms with Gasteiger partial charge in [0.1, 0.15) is 17.1 Å². The lowest BCUT2D eigenvalue weighted by Crippen LogP contribution is -2.39. The standard InChI is InChI=1S/C16H23NO5/c1-11-13(14(18)19)9-12(22-11)10-17-15(20)16(7-8-21-2)5-3-4-6-16/h9H,3-8,10H2,1-2H3,(H,17,20)(H,18,19). The van der Waals surface area contributed by atoms with Crippen molar-refractivity contribution in [1.29, 1.82) is 0 Å². The van der Waals surface area contributed by atoms with Crippen molar-refractivity contribution in [3.63, 3.8) is 0 Å². The van der Waals surface area contributed by atoms with E-state index in [1.807, 2.05) is 0 Å². The van der Waals surface area contributed by atoms with E-state index in [-0.39, 0.29) is 23.4 Å². The predicted octanol–water partition coefficient (Wildman–Crippen LogP) is 2.50. The van der Waals surface area contributed by atoms with Gasteiger partial charge in [-0.15, -0.1) is 0 Å². The summed E-state index contributed by atoms with van der Waals surface area (Å²) < 4.78 is 10.5. The molecule has 0 atom stereocenters. The highest BCUT2D eigenvalue weighted by molar-refractivity contribution is 5.89. The van der Waals surface area contributed by atoms with E-state index in [4.69, 9.17) is 14.3 Å². The molecule has 22 heavy (non-hydrogen) atoms. The molecule has 1 fully saturated rings. The number of hydrogen-bond donors (Lipinski definition) is 2. The largest absolute Gasteiger partial charge is 0.478 e. The van der Waals surface area contributed by atoms with Crippen LogP contribution in [0.3, 0.4) is 0 Å². The van der Waals surface area contributed by atoms with E-state index in [2.05, 4.69) is 5.32 Å². The summed E-state index contributed by atoms with van der Waals surface area (Å²) in [4.78, 5) is 23.5. The fraction of sp³-hybridized carbons (Fsp3) is 0.625. The van der Waals surface area contributed by atoms with Crippen molar-refractivity contribution in [2.45, 2.75) is 45.6 Å². The third-order valence-electron chi connectivity index (χ3n) is 4.45. The molecular weight excluding hydrogens is 286 g/mol. The Labute approximate surface area is 129 Å². The quantitative estimate of drug-likeness (QED) is 0.808. The molecule has 0 unspecified atom stereocenters. The molecule has 6 nitrogen and oxygen atoms in total. The van der Waals surface area contributed by atoms with Gasteiger partial charge in [0.15, 0.2) is 0 Å². The lowest BCUT2D eigenvalue weighted by Gasteiger charge is -2.27. The Morgan fingerprint density at radius 2 is 2.09 bits per heavy atom. The third kappa shape index (κ3) is 3.50.